The Morgan fingerprint density at radius 2 is 1.52 bits per heavy atom. The molecule has 0 saturated heterocycles. The van der Waals surface area contributed by atoms with Crippen molar-refractivity contribution in [2.45, 2.75) is 108 Å². The number of hydrogen-bond donors (Lipinski definition) is 5. The van der Waals surface area contributed by atoms with Crippen LogP contribution in [-0.2, 0) is 30.4 Å². The van der Waals surface area contributed by atoms with E-state index < -0.39 is 47.8 Å². The fraction of sp³-hybridized carbons (Fsp3) is 0.581. The Balaban J connectivity index is 2.82. The number of allylic oxidation sites excluding steroid dienone is 1. The smallest absolute Gasteiger partial charge is 0.337 e. The summed E-state index contributed by atoms with van der Waals surface area (Å²) in [6.07, 6.45) is 11.0. The van der Waals surface area contributed by atoms with Crippen molar-refractivity contribution in [3.05, 3.63) is 52.4 Å². The monoisotopic (exact) mass is 616 g/mol. The predicted octanol–water partition coefficient (Wildman–Crippen LogP) is 5.47. The number of ketones is 1. The molecule has 13 heteroatoms. The Bertz CT molecular complexity index is 1180. The lowest BCUT2D eigenvalue weighted by Crippen LogP contribution is -2.55. The second-order valence-corrected chi connectivity index (χ2v) is 10.8. The second kappa shape index (κ2) is 20.6. The van der Waals surface area contributed by atoms with Crippen molar-refractivity contribution >= 4 is 35.3 Å². The van der Waals surface area contributed by atoms with E-state index in [4.69, 9.17) is 5.53 Å². The molecule has 44 heavy (non-hydrogen) atoms. The molecular weight excluding hydrogens is 572 g/mol. The van der Waals surface area contributed by atoms with E-state index in [1.165, 1.54) is 36.8 Å². The van der Waals surface area contributed by atoms with Crippen LogP contribution in [0.4, 0.5) is 5.69 Å². The number of carbonyl (C=O) groups excluding carboxylic acids is 2. The van der Waals surface area contributed by atoms with Crippen LogP contribution in [0.3, 0.4) is 0 Å². The molecule has 0 spiro atoms. The van der Waals surface area contributed by atoms with Crippen LogP contribution in [0.15, 0.2) is 41.5 Å². The van der Waals surface area contributed by atoms with Gasteiger partial charge >= 0.3 is 17.9 Å². The van der Waals surface area contributed by atoms with Gasteiger partial charge in [0.25, 0.3) is 0 Å². The van der Waals surface area contributed by atoms with E-state index in [2.05, 4.69) is 22.3 Å². The molecule has 1 aromatic carbocycles. The number of aliphatic carboxylic acids is 3. The minimum Gasteiger partial charge on any atom is -0.481 e. The van der Waals surface area contributed by atoms with Crippen LogP contribution in [0.2, 0.25) is 0 Å². The first-order valence-electron chi connectivity index (χ1n) is 15.0. The van der Waals surface area contributed by atoms with Gasteiger partial charge in [0.2, 0.25) is 5.91 Å². The SMILES string of the molecule is CCCCCCCC(=O)CCCCCC/C=C/[C@@H](C(=O)N[C@@H](Cc1ccc(N=[N+]=[N-])cc1)C(=O)O)[C@@](O)(CC(=O)O)C(=O)O. The summed E-state index contributed by atoms with van der Waals surface area (Å²) in [4.78, 5) is 63.1. The largest absolute Gasteiger partial charge is 0.481 e. The summed E-state index contributed by atoms with van der Waals surface area (Å²) >= 11 is 0. The lowest BCUT2D eigenvalue weighted by atomic mass is 9.82. The Morgan fingerprint density at radius 3 is 2.05 bits per heavy atom. The number of unbranched alkanes of at least 4 members (excludes halogenated alkanes) is 8. The van der Waals surface area contributed by atoms with Crippen LogP contribution in [-0.4, -0.2) is 61.7 Å². The van der Waals surface area contributed by atoms with Crippen LogP contribution in [0.1, 0.15) is 96.0 Å². The number of rotatable bonds is 24. The van der Waals surface area contributed by atoms with Gasteiger partial charge in [-0.3, -0.25) is 14.4 Å². The number of Topliss-reactive ketones (excluding diaryl/α,β-unsaturated/α-hetero) is 1. The first-order chi connectivity index (χ1) is 20.9. The molecule has 0 saturated carbocycles. The molecule has 3 atom stereocenters. The van der Waals surface area contributed by atoms with E-state index in [0.717, 1.165) is 51.0 Å². The van der Waals surface area contributed by atoms with Gasteiger partial charge in [0.05, 0.1) is 12.3 Å². The minimum absolute atomic E-state index is 0.222. The normalized spacial score (nSPS) is 13.8. The van der Waals surface area contributed by atoms with Gasteiger partial charge in [-0.05, 0) is 36.8 Å². The molecule has 0 aromatic heterocycles. The molecule has 13 nitrogen and oxygen atoms in total. The maximum atomic E-state index is 13.2. The Hall–Kier alpha value is -4.22. The topological polar surface area (TPSA) is 227 Å². The molecule has 1 amide bonds. The highest BCUT2D eigenvalue weighted by Gasteiger charge is 2.49. The third-order valence-corrected chi connectivity index (χ3v) is 7.20. The van der Waals surface area contributed by atoms with Crippen LogP contribution in [0.5, 0.6) is 0 Å². The number of azide groups is 1. The van der Waals surface area contributed by atoms with E-state index in [1.807, 2.05) is 0 Å². The minimum atomic E-state index is -3.04. The molecule has 0 aliphatic heterocycles. The van der Waals surface area contributed by atoms with Gasteiger partial charge in [-0.25, -0.2) is 9.59 Å². The van der Waals surface area contributed by atoms with Gasteiger partial charge < -0.3 is 25.7 Å². The highest BCUT2D eigenvalue weighted by molar-refractivity contribution is 5.94. The maximum absolute atomic E-state index is 13.2. The van der Waals surface area contributed by atoms with Gasteiger partial charge in [-0.15, -0.1) is 0 Å². The number of hydrogen-bond acceptors (Lipinski definition) is 7. The quantitative estimate of drug-likeness (QED) is 0.0325. The molecule has 0 fully saturated rings. The number of nitrogens with zero attached hydrogens (tertiary/aromatic N) is 3. The number of amides is 1. The number of nitrogens with one attached hydrogen (secondary N) is 1. The van der Waals surface area contributed by atoms with E-state index >= 15 is 0 Å². The van der Waals surface area contributed by atoms with Gasteiger partial charge in [-0.2, -0.15) is 0 Å². The summed E-state index contributed by atoms with van der Waals surface area (Å²) in [6, 6.07) is 4.35. The second-order valence-electron chi connectivity index (χ2n) is 10.8. The third kappa shape index (κ3) is 14.3. The number of benzene rings is 1. The summed E-state index contributed by atoms with van der Waals surface area (Å²) in [7, 11) is 0. The van der Waals surface area contributed by atoms with Crippen molar-refractivity contribution in [3.63, 3.8) is 0 Å². The average molecular weight is 617 g/mol. The fourth-order valence-corrected chi connectivity index (χ4v) is 4.68. The molecule has 0 aliphatic rings. The van der Waals surface area contributed by atoms with Gasteiger partial charge in [-0.1, -0.05) is 87.0 Å². The van der Waals surface area contributed by atoms with Crippen LogP contribution in [0.25, 0.3) is 10.4 Å². The molecule has 0 bridgehead atoms. The van der Waals surface area contributed by atoms with Crippen LogP contribution < -0.4 is 5.32 Å². The molecule has 0 aliphatic carbocycles. The van der Waals surface area contributed by atoms with E-state index in [-0.39, 0.29) is 12.2 Å². The lowest BCUT2D eigenvalue weighted by molar-refractivity contribution is -0.172. The number of carboxylic acids is 3. The Labute approximate surface area is 257 Å². The molecule has 5 N–H and O–H groups in total. The summed E-state index contributed by atoms with van der Waals surface area (Å²) in [5.41, 5.74) is 6.23. The molecule has 1 rings (SSSR count). The van der Waals surface area contributed by atoms with Crippen molar-refractivity contribution in [1.82, 2.24) is 5.32 Å². The first kappa shape index (κ1) is 37.8. The zero-order valence-corrected chi connectivity index (χ0v) is 25.2. The van der Waals surface area contributed by atoms with Crippen molar-refractivity contribution in [1.29, 1.82) is 0 Å². The number of carboxylic acid groups (broad SMARTS) is 3. The molecule has 1 aromatic rings. The van der Waals surface area contributed by atoms with Crippen LogP contribution in [0, 0.1) is 5.92 Å². The van der Waals surface area contributed by atoms with E-state index in [1.54, 1.807) is 0 Å². The Morgan fingerprint density at radius 1 is 0.932 bits per heavy atom. The highest BCUT2D eigenvalue weighted by atomic mass is 16.4. The van der Waals surface area contributed by atoms with Crippen LogP contribution >= 0.6 is 0 Å². The van der Waals surface area contributed by atoms with Crippen molar-refractivity contribution < 1.29 is 44.4 Å². The standard InChI is InChI=1S/C31H44N4O9/c1-2-3-4-7-10-13-24(36)14-11-8-5-6-9-12-15-25(31(44,30(42)43)21-27(37)38)28(39)33-26(29(40)41)20-22-16-18-23(19-17-22)34-35-32/h12,15-19,25-26,44H,2-11,13-14,20-21H2,1H3,(H,33,39)(H,37,38)(H,40,41)(H,42,43)/b15-12+/t25-,26-,31-/m0/s1. The predicted molar refractivity (Wildman–Crippen MR) is 162 cm³/mol. The highest BCUT2D eigenvalue weighted by Crippen LogP contribution is 2.26. The lowest BCUT2D eigenvalue weighted by Gasteiger charge is -2.29. The summed E-state index contributed by atoms with van der Waals surface area (Å²) in [5, 5.41) is 45.1. The fourth-order valence-electron chi connectivity index (χ4n) is 4.68. The maximum Gasteiger partial charge on any atom is 0.337 e. The van der Waals surface area contributed by atoms with Crippen molar-refractivity contribution in [2.24, 2.45) is 11.0 Å². The van der Waals surface area contributed by atoms with Gasteiger partial charge in [0, 0.05) is 29.9 Å². The molecule has 0 radical (unpaired) electrons. The molecular formula is C31H44N4O9. The average Bonchev–Trinajstić information content (AvgIpc) is 2.96. The first-order valence-corrected chi connectivity index (χ1v) is 15.0. The van der Waals surface area contributed by atoms with E-state index in [0.29, 0.717) is 36.9 Å². The summed E-state index contributed by atoms with van der Waals surface area (Å²) in [6.45, 7) is 2.14. The molecule has 0 heterocycles. The van der Waals surface area contributed by atoms with Gasteiger partial charge in [0.1, 0.15) is 11.8 Å². The summed E-state index contributed by atoms with van der Waals surface area (Å²) < 4.78 is 0. The molecule has 242 valence electrons. The number of aliphatic hydroxyl groups is 1. The summed E-state index contributed by atoms with van der Waals surface area (Å²) in [5.74, 6) is -7.86. The molecule has 0 unspecified atom stereocenters. The zero-order chi connectivity index (χ0) is 33.0. The van der Waals surface area contributed by atoms with E-state index in [9.17, 15) is 44.4 Å². The van der Waals surface area contributed by atoms with Crippen molar-refractivity contribution in [2.75, 3.05) is 0 Å². The third-order valence-electron chi connectivity index (χ3n) is 7.20. The number of carbonyl (C=O) groups is 5. The van der Waals surface area contributed by atoms with Crippen molar-refractivity contribution in [3.8, 4) is 0 Å². The Kier molecular flexibility index (Phi) is 17.7. The zero-order valence-electron chi connectivity index (χ0n) is 25.2. The van der Waals surface area contributed by atoms with Gasteiger partial charge in [0.15, 0.2) is 5.60 Å².